The fraction of sp³-hybridized carbons (Fsp3) is 0.417. The van der Waals surface area contributed by atoms with Crippen LogP contribution in [0.25, 0.3) is 5.65 Å². The Morgan fingerprint density at radius 1 is 1.56 bits per heavy atom. The first kappa shape index (κ1) is 12.3. The number of nitrogens with zero attached hydrogens (tertiary/aromatic N) is 3. The van der Waals surface area contributed by atoms with Crippen molar-refractivity contribution in [2.45, 2.75) is 26.8 Å². The lowest BCUT2D eigenvalue weighted by atomic mass is 10.3. The largest absolute Gasteiger partial charge is 0.464 e. The molecular formula is C12H16N4O2. The van der Waals surface area contributed by atoms with E-state index in [-0.39, 0.29) is 5.97 Å². The lowest BCUT2D eigenvalue weighted by Crippen LogP contribution is -2.28. The van der Waals surface area contributed by atoms with Gasteiger partial charge in [-0.25, -0.2) is 9.31 Å². The quantitative estimate of drug-likeness (QED) is 0.828. The van der Waals surface area contributed by atoms with Crippen LogP contribution in [0.3, 0.4) is 0 Å². The molecule has 1 unspecified atom stereocenters. The van der Waals surface area contributed by atoms with Crippen molar-refractivity contribution in [3.8, 4) is 0 Å². The Morgan fingerprint density at radius 2 is 2.33 bits per heavy atom. The normalized spacial score (nSPS) is 12.4. The number of hydrogen-bond acceptors (Lipinski definition) is 5. The number of fused-ring (bicyclic) bond motifs is 1. The summed E-state index contributed by atoms with van der Waals surface area (Å²) in [5.41, 5.74) is 1.83. The Labute approximate surface area is 105 Å². The molecular weight excluding hydrogens is 232 g/mol. The molecule has 0 saturated heterocycles. The van der Waals surface area contributed by atoms with E-state index in [2.05, 4.69) is 15.4 Å². The smallest absolute Gasteiger partial charge is 0.328 e. The number of aryl methyl sites for hydroxylation is 1. The number of carbonyl (C=O) groups is 1. The van der Waals surface area contributed by atoms with E-state index in [1.165, 1.54) is 0 Å². The number of nitrogens with one attached hydrogen (secondary N) is 1. The number of aromatic nitrogens is 3. The maximum absolute atomic E-state index is 11.5. The average Bonchev–Trinajstić information content (AvgIpc) is 2.70. The first-order chi connectivity index (χ1) is 8.60. The highest BCUT2D eigenvalue weighted by atomic mass is 16.5. The molecule has 0 aliphatic carbocycles. The molecule has 0 saturated carbocycles. The van der Waals surface area contributed by atoms with E-state index in [1.807, 2.05) is 25.3 Å². The Hall–Kier alpha value is -2.11. The fourth-order valence-corrected chi connectivity index (χ4v) is 1.57. The molecule has 6 heteroatoms. The van der Waals surface area contributed by atoms with Gasteiger partial charge in [-0.3, -0.25) is 0 Å². The number of pyridine rings is 1. The van der Waals surface area contributed by atoms with E-state index in [1.54, 1.807) is 18.4 Å². The SMILES string of the molecule is CCOC(=O)C(C)Nc1nc2ccc(C)cn2n1. The van der Waals surface area contributed by atoms with Crippen LogP contribution in [0, 0.1) is 6.92 Å². The summed E-state index contributed by atoms with van der Waals surface area (Å²) in [6.07, 6.45) is 1.88. The van der Waals surface area contributed by atoms with E-state index in [0.29, 0.717) is 12.6 Å². The van der Waals surface area contributed by atoms with Crippen molar-refractivity contribution in [2.24, 2.45) is 0 Å². The van der Waals surface area contributed by atoms with Crippen molar-refractivity contribution in [2.75, 3.05) is 11.9 Å². The fourth-order valence-electron chi connectivity index (χ4n) is 1.57. The molecule has 0 amide bonds. The van der Waals surface area contributed by atoms with E-state index < -0.39 is 6.04 Å². The minimum absolute atomic E-state index is 0.312. The summed E-state index contributed by atoms with van der Waals surface area (Å²) in [7, 11) is 0. The first-order valence-corrected chi connectivity index (χ1v) is 5.86. The van der Waals surface area contributed by atoms with Gasteiger partial charge in [0.1, 0.15) is 6.04 Å². The van der Waals surface area contributed by atoms with Gasteiger partial charge in [-0.2, -0.15) is 4.98 Å². The Morgan fingerprint density at radius 3 is 3.06 bits per heavy atom. The molecule has 1 atom stereocenters. The zero-order chi connectivity index (χ0) is 13.1. The van der Waals surface area contributed by atoms with E-state index in [9.17, 15) is 4.79 Å². The molecule has 2 aromatic heterocycles. The van der Waals surface area contributed by atoms with Gasteiger partial charge in [0.25, 0.3) is 0 Å². The molecule has 0 fully saturated rings. The van der Waals surface area contributed by atoms with Crippen LogP contribution in [-0.4, -0.2) is 33.2 Å². The number of anilines is 1. The minimum Gasteiger partial charge on any atom is -0.464 e. The molecule has 6 nitrogen and oxygen atoms in total. The van der Waals surface area contributed by atoms with Crippen LogP contribution >= 0.6 is 0 Å². The third-order valence-electron chi connectivity index (χ3n) is 2.46. The maximum Gasteiger partial charge on any atom is 0.328 e. The van der Waals surface area contributed by atoms with E-state index in [0.717, 1.165) is 11.2 Å². The predicted molar refractivity (Wildman–Crippen MR) is 67.4 cm³/mol. The zero-order valence-corrected chi connectivity index (χ0v) is 10.7. The van der Waals surface area contributed by atoms with Crippen molar-refractivity contribution >= 4 is 17.6 Å². The minimum atomic E-state index is -0.469. The molecule has 2 rings (SSSR count). The van der Waals surface area contributed by atoms with Gasteiger partial charge in [0.2, 0.25) is 5.95 Å². The lowest BCUT2D eigenvalue weighted by molar-refractivity contribution is -0.143. The number of rotatable bonds is 4. The summed E-state index contributed by atoms with van der Waals surface area (Å²) < 4.78 is 6.58. The topological polar surface area (TPSA) is 68.5 Å². The van der Waals surface area contributed by atoms with Crippen molar-refractivity contribution in [1.82, 2.24) is 14.6 Å². The van der Waals surface area contributed by atoms with Gasteiger partial charge in [0.15, 0.2) is 5.65 Å². The molecule has 0 radical (unpaired) electrons. The number of ether oxygens (including phenoxy) is 1. The highest BCUT2D eigenvalue weighted by Gasteiger charge is 2.15. The van der Waals surface area contributed by atoms with Gasteiger partial charge in [-0.05, 0) is 32.4 Å². The number of carbonyl (C=O) groups excluding carboxylic acids is 1. The molecule has 0 spiro atoms. The molecule has 0 aliphatic rings. The standard InChI is InChI=1S/C12H16N4O2/c1-4-18-11(17)9(3)13-12-14-10-6-5-8(2)7-16(10)15-12/h5-7,9H,4H2,1-3H3,(H,13,15). The summed E-state index contributed by atoms with van der Waals surface area (Å²) in [5, 5.41) is 7.16. The van der Waals surface area contributed by atoms with Crippen LogP contribution < -0.4 is 5.32 Å². The Kier molecular flexibility index (Phi) is 3.45. The number of hydrogen-bond donors (Lipinski definition) is 1. The molecule has 1 N–H and O–H groups in total. The first-order valence-electron chi connectivity index (χ1n) is 5.86. The summed E-state index contributed by atoms with van der Waals surface area (Å²) in [6, 6.07) is 3.37. The van der Waals surface area contributed by atoms with Crippen molar-refractivity contribution in [3.63, 3.8) is 0 Å². The number of esters is 1. The summed E-state index contributed by atoms with van der Waals surface area (Å²) in [5.74, 6) is 0.105. The van der Waals surface area contributed by atoms with Crippen LogP contribution in [0.4, 0.5) is 5.95 Å². The van der Waals surface area contributed by atoms with Crippen LogP contribution in [0.1, 0.15) is 19.4 Å². The second-order valence-electron chi connectivity index (χ2n) is 4.06. The highest BCUT2D eigenvalue weighted by molar-refractivity contribution is 5.78. The predicted octanol–water partition coefficient (Wildman–Crippen LogP) is 1.40. The second-order valence-corrected chi connectivity index (χ2v) is 4.06. The summed E-state index contributed by atoms with van der Waals surface area (Å²) in [6.45, 7) is 5.84. The van der Waals surface area contributed by atoms with Crippen LogP contribution in [0.15, 0.2) is 18.3 Å². The van der Waals surface area contributed by atoms with Gasteiger partial charge in [0.05, 0.1) is 6.61 Å². The zero-order valence-electron chi connectivity index (χ0n) is 10.7. The lowest BCUT2D eigenvalue weighted by Gasteiger charge is -2.10. The van der Waals surface area contributed by atoms with Gasteiger partial charge >= 0.3 is 5.97 Å². The molecule has 0 bridgehead atoms. The monoisotopic (exact) mass is 248 g/mol. The van der Waals surface area contributed by atoms with Crippen LogP contribution in [-0.2, 0) is 9.53 Å². The summed E-state index contributed by atoms with van der Waals surface area (Å²) in [4.78, 5) is 15.7. The summed E-state index contributed by atoms with van der Waals surface area (Å²) >= 11 is 0. The van der Waals surface area contributed by atoms with E-state index in [4.69, 9.17) is 4.74 Å². The van der Waals surface area contributed by atoms with Crippen LogP contribution in [0.2, 0.25) is 0 Å². The van der Waals surface area contributed by atoms with Gasteiger partial charge in [0, 0.05) is 6.20 Å². The van der Waals surface area contributed by atoms with Crippen molar-refractivity contribution in [1.29, 1.82) is 0 Å². The van der Waals surface area contributed by atoms with Gasteiger partial charge in [-0.1, -0.05) is 6.07 Å². The second kappa shape index (κ2) is 5.03. The maximum atomic E-state index is 11.5. The van der Waals surface area contributed by atoms with Gasteiger partial charge in [-0.15, -0.1) is 5.10 Å². The third kappa shape index (κ3) is 2.58. The van der Waals surface area contributed by atoms with Crippen LogP contribution in [0.5, 0.6) is 0 Å². The molecule has 2 aromatic rings. The molecule has 96 valence electrons. The molecule has 18 heavy (non-hydrogen) atoms. The van der Waals surface area contributed by atoms with Crippen molar-refractivity contribution < 1.29 is 9.53 Å². The molecule has 2 heterocycles. The van der Waals surface area contributed by atoms with Crippen molar-refractivity contribution in [3.05, 3.63) is 23.9 Å². The molecule has 0 aromatic carbocycles. The Balaban J connectivity index is 2.14. The molecule has 0 aliphatic heterocycles. The van der Waals surface area contributed by atoms with E-state index >= 15 is 0 Å². The van der Waals surface area contributed by atoms with Gasteiger partial charge < -0.3 is 10.1 Å². The highest BCUT2D eigenvalue weighted by Crippen LogP contribution is 2.08. The third-order valence-corrected chi connectivity index (χ3v) is 2.46. The average molecular weight is 248 g/mol. The Bertz CT molecular complexity index is 564.